The van der Waals surface area contributed by atoms with Crippen LogP contribution in [-0.2, 0) is 0 Å². The zero-order valence-electron chi connectivity index (χ0n) is 8.57. The lowest BCUT2D eigenvalue weighted by Crippen LogP contribution is -2.30. The van der Waals surface area contributed by atoms with Crippen LogP contribution in [-0.4, -0.2) is 22.2 Å². The van der Waals surface area contributed by atoms with Crippen LogP contribution in [0.5, 0.6) is 0 Å². The first-order chi connectivity index (χ1) is 6.63. The van der Waals surface area contributed by atoms with E-state index in [0.29, 0.717) is 5.69 Å². The van der Waals surface area contributed by atoms with E-state index in [1.165, 1.54) is 0 Å². The Morgan fingerprint density at radius 2 is 2.29 bits per heavy atom. The van der Waals surface area contributed by atoms with Gasteiger partial charge in [0.05, 0.1) is 29.7 Å². The predicted octanol–water partition coefficient (Wildman–Crippen LogP) is 1.24. The van der Waals surface area contributed by atoms with Crippen molar-refractivity contribution in [2.45, 2.75) is 32.4 Å². The molecule has 78 valence electrons. The summed E-state index contributed by atoms with van der Waals surface area (Å²) in [7, 11) is 0. The number of rotatable bonds is 4. The van der Waals surface area contributed by atoms with Crippen molar-refractivity contribution in [2.24, 2.45) is 0 Å². The number of nitrogens with one attached hydrogen (secondary N) is 1. The molecule has 2 atom stereocenters. The summed E-state index contributed by atoms with van der Waals surface area (Å²) >= 11 is 0. The molecular formula is C10H17N3O. The van der Waals surface area contributed by atoms with Crippen molar-refractivity contribution in [3.63, 3.8) is 0 Å². The number of aromatic nitrogens is 1. The number of aliphatic hydroxyl groups excluding tert-OH is 1. The second-order valence-corrected chi connectivity index (χ2v) is 3.41. The van der Waals surface area contributed by atoms with E-state index in [4.69, 9.17) is 5.73 Å². The standard InChI is InChI=1S/C10H17N3O/c1-3-10(7(2)14)13-9-4-8(11)5-12-6-9/h4-7,10,13-14H,3,11H2,1-2H3. The van der Waals surface area contributed by atoms with Crippen LogP contribution in [0.15, 0.2) is 18.5 Å². The van der Waals surface area contributed by atoms with Crippen LogP contribution in [0.3, 0.4) is 0 Å². The SMILES string of the molecule is CCC(Nc1cncc(N)c1)C(C)O. The molecule has 0 saturated carbocycles. The molecule has 1 rings (SSSR count). The molecule has 4 N–H and O–H groups in total. The molecular weight excluding hydrogens is 178 g/mol. The minimum Gasteiger partial charge on any atom is -0.397 e. The minimum atomic E-state index is -0.388. The van der Waals surface area contributed by atoms with Gasteiger partial charge in [0.15, 0.2) is 0 Å². The van der Waals surface area contributed by atoms with Crippen molar-refractivity contribution in [3.05, 3.63) is 18.5 Å². The lowest BCUT2D eigenvalue weighted by Gasteiger charge is -2.20. The highest BCUT2D eigenvalue weighted by Crippen LogP contribution is 2.13. The van der Waals surface area contributed by atoms with Gasteiger partial charge in [0.1, 0.15) is 0 Å². The number of nitrogen functional groups attached to an aromatic ring is 1. The van der Waals surface area contributed by atoms with Gasteiger partial charge in [0, 0.05) is 6.20 Å². The molecule has 0 aliphatic heterocycles. The fourth-order valence-electron chi connectivity index (χ4n) is 1.31. The molecule has 0 fully saturated rings. The molecule has 0 saturated heterocycles. The third kappa shape index (κ3) is 2.88. The molecule has 0 spiro atoms. The number of nitrogens with two attached hydrogens (primary N) is 1. The number of nitrogens with zero attached hydrogens (tertiary/aromatic N) is 1. The number of hydrogen-bond donors (Lipinski definition) is 3. The smallest absolute Gasteiger partial charge is 0.0712 e. The van der Waals surface area contributed by atoms with E-state index in [0.717, 1.165) is 12.1 Å². The first kappa shape index (κ1) is 10.8. The van der Waals surface area contributed by atoms with Gasteiger partial charge in [-0.2, -0.15) is 0 Å². The summed E-state index contributed by atoms with van der Waals surface area (Å²) in [5.41, 5.74) is 7.05. The summed E-state index contributed by atoms with van der Waals surface area (Å²) in [6, 6.07) is 1.84. The van der Waals surface area contributed by atoms with E-state index in [1.54, 1.807) is 25.4 Å². The minimum absolute atomic E-state index is 0.0404. The predicted molar refractivity (Wildman–Crippen MR) is 58.0 cm³/mol. The number of aliphatic hydroxyl groups is 1. The Hall–Kier alpha value is -1.29. The highest BCUT2D eigenvalue weighted by atomic mass is 16.3. The van der Waals surface area contributed by atoms with Crippen molar-refractivity contribution in [1.29, 1.82) is 0 Å². The maximum Gasteiger partial charge on any atom is 0.0712 e. The van der Waals surface area contributed by atoms with E-state index in [1.807, 2.05) is 6.92 Å². The Morgan fingerprint density at radius 3 is 2.79 bits per heavy atom. The zero-order valence-corrected chi connectivity index (χ0v) is 8.57. The van der Waals surface area contributed by atoms with Crippen molar-refractivity contribution in [3.8, 4) is 0 Å². The van der Waals surface area contributed by atoms with E-state index in [-0.39, 0.29) is 12.1 Å². The second kappa shape index (κ2) is 4.81. The average Bonchev–Trinajstić information content (AvgIpc) is 2.14. The fourth-order valence-corrected chi connectivity index (χ4v) is 1.31. The molecule has 0 aliphatic carbocycles. The highest BCUT2D eigenvalue weighted by Gasteiger charge is 2.11. The molecule has 1 aromatic heterocycles. The van der Waals surface area contributed by atoms with Crippen molar-refractivity contribution >= 4 is 11.4 Å². The number of pyridine rings is 1. The number of hydrogen-bond acceptors (Lipinski definition) is 4. The van der Waals surface area contributed by atoms with Crippen molar-refractivity contribution in [2.75, 3.05) is 11.1 Å². The molecule has 1 aromatic rings. The van der Waals surface area contributed by atoms with Crippen LogP contribution in [0.2, 0.25) is 0 Å². The third-order valence-electron chi connectivity index (χ3n) is 2.13. The van der Waals surface area contributed by atoms with E-state index < -0.39 is 0 Å². The molecule has 0 amide bonds. The highest BCUT2D eigenvalue weighted by molar-refractivity contribution is 5.51. The van der Waals surface area contributed by atoms with Gasteiger partial charge >= 0.3 is 0 Å². The van der Waals surface area contributed by atoms with E-state index >= 15 is 0 Å². The van der Waals surface area contributed by atoms with Gasteiger partial charge in [-0.3, -0.25) is 4.98 Å². The monoisotopic (exact) mass is 195 g/mol. The van der Waals surface area contributed by atoms with Crippen LogP contribution in [0.4, 0.5) is 11.4 Å². The summed E-state index contributed by atoms with van der Waals surface area (Å²) in [5.74, 6) is 0. The summed E-state index contributed by atoms with van der Waals surface area (Å²) in [5, 5.41) is 12.6. The molecule has 1 heterocycles. The lowest BCUT2D eigenvalue weighted by atomic mass is 10.1. The maximum atomic E-state index is 9.43. The molecule has 0 bridgehead atoms. The van der Waals surface area contributed by atoms with E-state index in [9.17, 15) is 5.11 Å². The van der Waals surface area contributed by atoms with Gasteiger partial charge < -0.3 is 16.2 Å². The van der Waals surface area contributed by atoms with Crippen molar-refractivity contribution in [1.82, 2.24) is 4.98 Å². The Kier molecular flexibility index (Phi) is 3.71. The van der Waals surface area contributed by atoms with Crippen LogP contribution >= 0.6 is 0 Å². The Labute approximate surface area is 84.2 Å². The van der Waals surface area contributed by atoms with Crippen LogP contribution in [0.25, 0.3) is 0 Å². The molecule has 4 nitrogen and oxygen atoms in total. The topological polar surface area (TPSA) is 71.2 Å². The quantitative estimate of drug-likeness (QED) is 0.676. The van der Waals surface area contributed by atoms with Gasteiger partial charge in [-0.05, 0) is 19.4 Å². The van der Waals surface area contributed by atoms with Crippen LogP contribution < -0.4 is 11.1 Å². The molecule has 0 aromatic carbocycles. The van der Waals surface area contributed by atoms with Gasteiger partial charge in [-0.15, -0.1) is 0 Å². The van der Waals surface area contributed by atoms with Gasteiger partial charge in [-0.25, -0.2) is 0 Å². The van der Waals surface area contributed by atoms with E-state index in [2.05, 4.69) is 10.3 Å². The average molecular weight is 195 g/mol. The molecule has 0 aliphatic rings. The zero-order chi connectivity index (χ0) is 10.6. The molecule has 2 unspecified atom stereocenters. The second-order valence-electron chi connectivity index (χ2n) is 3.41. The van der Waals surface area contributed by atoms with Gasteiger partial charge in [0.25, 0.3) is 0 Å². The third-order valence-corrected chi connectivity index (χ3v) is 2.13. The fraction of sp³-hybridized carbons (Fsp3) is 0.500. The largest absolute Gasteiger partial charge is 0.397 e. The summed E-state index contributed by atoms with van der Waals surface area (Å²) in [6.07, 6.45) is 3.75. The number of anilines is 2. The Balaban J connectivity index is 2.67. The van der Waals surface area contributed by atoms with Crippen molar-refractivity contribution < 1.29 is 5.11 Å². The lowest BCUT2D eigenvalue weighted by molar-refractivity contribution is 0.169. The molecule has 4 heteroatoms. The first-order valence-electron chi connectivity index (χ1n) is 4.78. The summed E-state index contributed by atoms with van der Waals surface area (Å²) in [6.45, 7) is 3.78. The van der Waals surface area contributed by atoms with Gasteiger partial charge in [-0.1, -0.05) is 6.92 Å². The Morgan fingerprint density at radius 1 is 1.57 bits per heavy atom. The summed E-state index contributed by atoms with van der Waals surface area (Å²) < 4.78 is 0. The first-order valence-corrected chi connectivity index (χ1v) is 4.78. The molecule has 0 radical (unpaired) electrons. The normalized spacial score (nSPS) is 14.8. The summed E-state index contributed by atoms with van der Waals surface area (Å²) in [4.78, 5) is 3.96. The maximum absolute atomic E-state index is 9.43. The van der Waals surface area contributed by atoms with Crippen LogP contribution in [0, 0.1) is 0 Å². The Bertz CT molecular complexity index is 288. The molecule has 14 heavy (non-hydrogen) atoms. The van der Waals surface area contributed by atoms with Crippen LogP contribution in [0.1, 0.15) is 20.3 Å². The van der Waals surface area contributed by atoms with Gasteiger partial charge in [0.2, 0.25) is 0 Å².